The molecule has 0 spiro atoms. The molecule has 2 N–H and O–H groups in total. The van der Waals surface area contributed by atoms with Gasteiger partial charge in [-0.05, 0) is 37.4 Å². The van der Waals surface area contributed by atoms with Crippen LogP contribution in [0.1, 0.15) is 0 Å². The summed E-state index contributed by atoms with van der Waals surface area (Å²) in [7, 11) is 3.72. The fourth-order valence-corrected chi connectivity index (χ4v) is 3.99. The summed E-state index contributed by atoms with van der Waals surface area (Å²) in [5.74, 6) is 1.25. The molecule has 1 aliphatic heterocycles. The lowest BCUT2D eigenvalue weighted by atomic mass is 10.1. The molecule has 0 atom stereocenters. The highest BCUT2D eigenvalue weighted by Gasteiger charge is 2.24. The van der Waals surface area contributed by atoms with Crippen LogP contribution in [0.5, 0.6) is 5.75 Å². The second kappa shape index (κ2) is 8.08. The maximum absolute atomic E-state index is 13.9. The van der Waals surface area contributed by atoms with E-state index in [-0.39, 0.29) is 5.82 Å². The van der Waals surface area contributed by atoms with Gasteiger partial charge in [-0.25, -0.2) is 14.1 Å². The van der Waals surface area contributed by atoms with E-state index in [1.807, 2.05) is 24.3 Å². The molecule has 164 valence electrons. The Balaban J connectivity index is 1.75. The van der Waals surface area contributed by atoms with Crippen LogP contribution in [0.2, 0.25) is 0 Å². The molecule has 1 saturated heterocycles. The van der Waals surface area contributed by atoms with Gasteiger partial charge in [-0.2, -0.15) is 4.98 Å². The van der Waals surface area contributed by atoms with E-state index in [1.165, 1.54) is 16.8 Å². The Morgan fingerprint density at radius 2 is 1.78 bits per heavy atom. The van der Waals surface area contributed by atoms with Gasteiger partial charge < -0.3 is 20.3 Å². The van der Waals surface area contributed by atoms with Crippen molar-refractivity contribution in [1.29, 1.82) is 0 Å². The van der Waals surface area contributed by atoms with Crippen LogP contribution in [0.3, 0.4) is 0 Å². The Labute approximate surface area is 185 Å². The second-order valence-electron chi connectivity index (χ2n) is 7.84. The van der Waals surface area contributed by atoms with Gasteiger partial charge in [0.05, 0.1) is 23.9 Å². The number of ether oxygens (including phenoxy) is 1. The van der Waals surface area contributed by atoms with Crippen LogP contribution in [0.4, 0.5) is 16.2 Å². The van der Waals surface area contributed by atoms with Crippen molar-refractivity contribution in [2.45, 2.75) is 0 Å². The van der Waals surface area contributed by atoms with E-state index < -0.39 is 0 Å². The first-order chi connectivity index (χ1) is 15.5. The summed E-state index contributed by atoms with van der Waals surface area (Å²) in [6, 6.07) is 13.8. The number of piperazine rings is 1. The van der Waals surface area contributed by atoms with E-state index in [0.717, 1.165) is 31.7 Å². The zero-order valence-electron chi connectivity index (χ0n) is 18.0. The average Bonchev–Trinajstić information content (AvgIpc) is 3.15. The number of methoxy groups -OCH3 is 1. The molecule has 1 fully saturated rings. The predicted octanol–water partition coefficient (Wildman–Crippen LogP) is 2.96. The number of nitrogen functional groups attached to an aromatic ring is 1. The number of para-hydroxylation sites is 1. The normalized spacial score (nSPS) is 14.8. The minimum atomic E-state index is -0.365. The number of hydrogen-bond donors (Lipinski definition) is 1. The summed E-state index contributed by atoms with van der Waals surface area (Å²) < 4.78 is 21.0. The Hall–Kier alpha value is -3.72. The monoisotopic (exact) mass is 433 g/mol. The first-order valence-electron chi connectivity index (χ1n) is 10.4. The zero-order chi connectivity index (χ0) is 22.2. The van der Waals surface area contributed by atoms with Crippen LogP contribution in [0.25, 0.3) is 28.0 Å². The van der Waals surface area contributed by atoms with E-state index in [9.17, 15) is 4.39 Å². The molecular formula is C23H24FN7O. The number of aromatic nitrogens is 4. The molecule has 8 nitrogen and oxygen atoms in total. The molecule has 0 saturated carbocycles. The molecule has 2 aromatic heterocycles. The molecule has 0 bridgehead atoms. The number of nitrogens with zero attached hydrogens (tertiary/aromatic N) is 6. The summed E-state index contributed by atoms with van der Waals surface area (Å²) in [4.78, 5) is 14.1. The first-order valence-corrected chi connectivity index (χ1v) is 10.4. The molecule has 0 aliphatic carbocycles. The lowest BCUT2D eigenvalue weighted by Crippen LogP contribution is -2.45. The van der Waals surface area contributed by atoms with E-state index in [4.69, 9.17) is 20.4 Å². The quantitative estimate of drug-likeness (QED) is 0.530. The molecule has 1 aliphatic rings. The number of hydrogen-bond acceptors (Lipinski definition) is 7. The fourth-order valence-electron chi connectivity index (χ4n) is 3.99. The van der Waals surface area contributed by atoms with Crippen molar-refractivity contribution >= 4 is 22.8 Å². The molecule has 0 amide bonds. The summed E-state index contributed by atoms with van der Waals surface area (Å²) in [6.45, 7) is 3.47. The lowest BCUT2D eigenvalue weighted by molar-refractivity contribution is 0.311. The van der Waals surface area contributed by atoms with Crippen molar-refractivity contribution in [1.82, 2.24) is 24.6 Å². The van der Waals surface area contributed by atoms with Crippen LogP contribution in [-0.2, 0) is 0 Å². The van der Waals surface area contributed by atoms with E-state index >= 15 is 0 Å². The molecule has 5 rings (SSSR count). The molecular weight excluding hydrogens is 409 g/mol. The standard InChI is InChI=1S/C23H24FN7O/c1-29-10-12-30(13-11-29)23-26-20(17-8-3-4-9-18(17)32-2)19-21(25)31(28-22(19)27-23)16-7-5-6-15(24)14-16/h3-9,14H,10-13,25H2,1-2H3. The van der Waals surface area contributed by atoms with Crippen LogP contribution in [-0.4, -0.2) is 65.0 Å². The van der Waals surface area contributed by atoms with Gasteiger partial charge >= 0.3 is 0 Å². The second-order valence-corrected chi connectivity index (χ2v) is 7.84. The van der Waals surface area contributed by atoms with Gasteiger partial charge in [0, 0.05) is 31.7 Å². The molecule has 3 heterocycles. The lowest BCUT2D eigenvalue weighted by Gasteiger charge is -2.32. The molecule has 0 radical (unpaired) electrons. The summed E-state index contributed by atoms with van der Waals surface area (Å²) in [5.41, 5.74) is 8.95. The maximum Gasteiger partial charge on any atom is 0.228 e. The predicted molar refractivity (Wildman–Crippen MR) is 123 cm³/mol. The number of benzene rings is 2. The third-order valence-corrected chi connectivity index (χ3v) is 5.76. The van der Waals surface area contributed by atoms with Crippen LogP contribution in [0.15, 0.2) is 48.5 Å². The van der Waals surface area contributed by atoms with Crippen molar-refractivity contribution in [2.24, 2.45) is 0 Å². The third kappa shape index (κ3) is 3.50. The van der Waals surface area contributed by atoms with Crippen molar-refractivity contribution in [3.8, 4) is 22.7 Å². The highest BCUT2D eigenvalue weighted by Crippen LogP contribution is 2.37. The van der Waals surface area contributed by atoms with E-state index in [0.29, 0.717) is 39.9 Å². The Morgan fingerprint density at radius 3 is 2.53 bits per heavy atom. The largest absolute Gasteiger partial charge is 0.496 e. The minimum absolute atomic E-state index is 0.344. The maximum atomic E-state index is 13.9. The van der Waals surface area contributed by atoms with E-state index in [2.05, 4.69) is 21.9 Å². The van der Waals surface area contributed by atoms with Crippen LogP contribution < -0.4 is 15.4 Å². The van der Waals surface area contributed by atoms with E-state index in [1.54, 1.807) is 19.2 Å². The third-order valence-electron chi connectivity index (χ3n) is 5.76. The number of likely N-dealkylation sites (N-methyl/N-ethyl adjacent to an activating group) is 1. The van der Waals surface area contributed by atoms with Gasteiger partial charge in [0.2, 0.25) is 5.95 Å². The Kier molecular flexibility index (Phi) is 5.10. The highest BCUT2D eigenvalue weighted by molar-refractivity contribution is 6.00. The zero-order valence-corrected chi connectivity index (χ0v) is 18.0. The smallest absolute Gasteiger partial charge is 0.228 e. The fraction of sp³-hybridized carbons (Fsp3) is 0.261. The number of nitrogens with two attached hydrogens (primary N) is 1. The number of anilines is 2. The Morgan fingerprint density at radius 1 is 1.00 bits per heavy atom. The molecule has 0 unspecified atom stereocenters. The van der Waals surface area contributed by atoms with Crippen LogP contribution >= 0.6 is 0 Å². The van der Waals surface area contributed by atoms with Gasteiger partial charge in [0.1, 0.15) is 17.4 Å². The average molecular weight is 433 g/mol. The summed E-state index contributed by atoms with van der Waals surface area (Å²) >= 11 is 0. The van der Waals surface area contributed by atoms with Crippen LogP contribution in [0, 0.1) is 5.82 Å². The number of fused-ring (bicyclic) bond motifs is 1. The van der Waals surface area contributed by atoms with Crippen molar-refractivity contribution in [2.75, 3.05) is 51.0 Å². The van der Waals surface area contributed by atoms with Gasteiger partial charge in [-0.1, -0.05) is 18.2 Å². The number of halogens is 1. The van der Waals surface area contributed by atoms with Gasteiger partial charge in [-0.15, -0.1) is 5.10 Å². The minimum Gasteiger partial charge on any atom is -0.496 e. The topological polar surface area (TPSA) is 85.3 Å². The summed E-state index contributed by atoms with van der Waals surface area (Å²) in [6.07, 6.45) is 0. The first kappa shape index (κ1) is 20.2. The molecule has 4 aromatic rings. The van der Waals surface area contributed by atoms with Gasteiger partial charge in [-0.3, -0.25) is 0 Å². The van der Waals surface area contributed by atoms with Crippen molar-refractivity contribution in [3.05, 3.63) is 54.3 Å². The summed E-state index contributed by atoms with van der Waals surface area (Å²) in [5, 5.41) is 5.24. The number of rotatable bonds is 4. The highest BCUT2D eigenvalue weighted by atomic mass is 19.1. The molecule has 32 heavy (non-hydrogen) atoms. The van der Waals surface area contributed by atoms with Crippen molar-refractivity contribution in [3.63, 3.8) is 0 Å². The molecule has 2 aromatic carbocycles. The Bertz CT molecular complexity index is 1280. The van der Waals surface area contributed by atoms with Gasteiger partial charge in [0.25, 0.3) is 0 Å². The van der Waals surface area contributed by atoms with Gasteiger partial charge in [0.15, 0.2) is 5.65 Å². The molecule has 9 heteroatoms. The van der Waals surface area contributed by atoms with Crippen molar-refractivity contribution < 1.29 is 9.13 Å². The SMILES string of the molecule is COc1ccccc1-c1nc(N2CCN(C)CC2)nc2nn(-c3cccc(F)c3)c(N)c12.